The number of nitrogens with zero attached hydrogens (tertiary/aromatic N) is 1. The summed E-state index contributed by atoms with van der Waals surface area (Å²) in [4.78, 5) is 40.5. The SMILES string of the molecule is CN(Cc1ccccc1)CC(NC(=O)[C@H](NC(=O)OCC1c2ccccc2-c2ccccc21)c1ccccc1)C(=O)O. The van der Waals surface area contributed by atoms with E-state index < -0.39 is 30.1 Å². The molecule has 5 rings (SSSR count). The molecule has 2 amide bonds. The third kappa shape index (κ3) is 6.67. The van der Waals surface area contributed by atoms with Gasteiger partial charge in [-0.05, 0) is 40.4 Å². The van der Waals surface area contributed by atoms with Crippen molar-refractivity contribution in [2.75, 3.05) is 20.2 Å². The summed E-state index contributed by atoms with van der Waals surface area (Å²) in [6.45, 7) is 0.675. The van der Waals surface area contributed by atoms with E-state index in [0.717, 1.165) is 27.8 Å². The predicted octanol–water partition coefficient (Wildman–Crippen LogP) is 4.97. The summed E-state index contributed by atoms with van der Waals surface area (Å²) < 4.78 is 5.67. The average molecular weight is 564 g/mol. The van der Waals surface area contributed by atoms with Crippen molar-refractivity contribution in [2.45, 2.75) is 24.5 Å². The summed E-state index contributed by atoms with van der Waals surface area (Å²) in [5.41, 5.74) is 5.90. The highest BCUT2D eigenvalue weighted by Crippen LogP contribution is 2.44. The lowest BCUT2D eigenvalue weighted by Gasteiger charge is -2.25. The fraction of sp³-hybridized carbons (Fsp3) is 0.206. The summed E-state index contributed by atoms with van der Waals surface area (Å²) >= 11 is 0. The number of nitrogens with one attached hydrogen (secondary N) is 2. The molecule has 1 unspecified atom stereocenters. The van der Waals surface area contributed by atoms with E-state index >= 15 is 0 Å². The number of likely N-dealkylation sites (N-methyl/N-ethyl adjacent to an activating group) is 1. The van der Waals surface area contributed by atoms with Gasteiger partial charge in [0.2, 0.25) is 5.91 Å². The highest BCUT2D eigenvalue weighted by molar-refractivity contribution is 5.90. The second-order valence-corrected chi connectivity index (χ2v) is 10.4. The summed E-state index contributed by atoms with van der Waals surface area (Å²) in [7, 11) is 1.79. The van der Waals surface area contributed by atoms with Gasteiger partial charge >= 0.3 is 12.1 Å². The smallest absolute Gasteiger partial charge is 0.408 e. The Hall–Kier alpha value is -4.95. The average Bonchev–Trinajstić information content (AvgIpc) is 3.33. The topological polar surface area (TPSA) is 108 Å². The van der Waals surface area contributed by atoms with Crippen LogP contribution >= 0.6 is 0 Å². The van der Waals surface area contributed by atoms with E-state index in [1.165, 1.54) is 0 Å². The number of aliphatic carboxylic acids is 1. The van der Waals surface area contributed by atoms with Gasteiger partial charge < -0.3 is 20.5 Å². The number of carbonyl (C=O) groups is 3. The first-order chi connectivity index (χ1) is 20.4. The second kappa shape index (κ2) is 13.1. The molecule has 0 radical (unpaired) electrons. The highest BCUT2D eigenvalue weighted by Gasteiger charge is 2.31. The van der Waals surface area contributed by atoms with Gasteiger partial charge in [0, 0.05) is 19.0 Å². The van der Waals surface area contributed by atoms with E-state index in [0.29, 0.717) is 12.1 Å². The van der Waals surface area contributed by atoms with Crippen molar-refractivity contribution in [3.05, 3.63) is 131 Å². The molecule has 0 heterocycles. The second-order valence-electron chi connectivity index (χ2n) is 10.4. The van der Waals surface area contributed by atoms with Crippen LogP contribution in [0.3, 0.4) is 0 Å². The Morgan fingerprint density at radius 2 is 1.33 bits per heavy atom. The lowest BCUT2D eigenvalue weighted by atomic mass is 9.98. The Balaban J connectivity index is 1.26. The van der Waals surface area contributed by atoms with Gasteiger partial charge in [0.1, 0.15) is 18.7 Å². The monoisotopic (exact) mass is 563 g/mol. The number of rotatable bonds is 11. The molecule has 0 bridgehead atoms. The van der Waals surface area contributed by atoms with Crippen LogP contribution in [-0.4, -0.2) is 54.2 Å². The molecule has 42 heavy (non-hydrogen) atoms. The Morgan fingerprint density at radius 3 is 1.93 bits per heavy atom. The Kier molecular flexibility index (Phi) is 8.94. The van der Waals surface area contributed by atoms with E-state index in [2.05, 4.69) is 22.8 Å². The molecule has 8 heteroatoms. The van der Waals surface area contributed by atoms with Gasteiger partial charge in [0.15, 0.2) is 0 Å². The van der Waals surface area contributed by atoms with E-state index in [1.54, 1.807) is 37.4 Å². The van der Waals surface area contributed by atoms with Crippen molar-refractivity contribution < 1.29 is 24.2 Å². The molecule has 214 valence electrons. The van der Waals surface area contributed by atoms with Crippen molar-refractivity contribution in [3.8, 4) is 11.1 Å². The zero-order valence-corrected chi connectivity index (χ0v) is 23.3. The molecule has 3 N–H and O–H groups in total. The standard InChI is InChI=1S/C34H33N3O5/c1-37(20-23-12-4-2-5-13-23)21-30(33(39)40)35-32(38)31(24-14-6-3-7-15-24)36-34(41)42-22-29-27-18-10-8-16-25(27)26-17-9-11-19-28(26)29/h2-19,29-31H,20-22H2,1H3,(H,35,38)(H,36,41)(H,39,40)/t30?,31-/m1/s1. The normalized spacial score (nSPS) is 13.5. The van der Waals surface area contributed by atoms with E-state index in [9.17, 15) is 19.5 Å². The maximum Gasteiger partial charge on any atom is 0.408 e. The number of hydrogen-bond donors (Lipinski definition) is 3. The maximum absolute atomic E-state index is 13.5. The minimum absolute atomic E-state index is 0.0718. The zero-order chi connectivity index (χ0) is 29.5. The molecule has 0 aromatic heterocycles. The zero-order valence-electron chi connectivity index (χ0n) is 23.3. The number of hydrogen-bond acceptors (Lipinski definition) is 5. The molecule has 0 saturated carbocycles. The largest absolute Gasteiger partial charge is 0.480 e. The first-order valence-corrected chi connectivity index (χ1v) is 13.8. The number of alkyl carbamates (subject to hydrolysis) is 1. The summed E-state index contributed by atoms with van der Waals surface area (Å²) in [5, 5.41) is 15.2. The maximum atomic E-state index is 13.5. The van der Waals surface area contributed by atoms with Gasteiger partial charge in [-0.1, -0.05) is 109 Å². The fourth-order valence-corrected chi connectivity index (χ4v) is 5.42. The summed E-state index contributed by atoms with van der Waals surface area (Å²) in [6.07, 6.45) is -0.770. The van der Waals surface area contributed by atoms with Gasteiger partial charge in [-0.3, -0.25) is 9.69 Å². The quantitative estimate of drug-likeness (QED) is 0.238. The van der Waals surface area contributed by atoms with Crippen LogP contribution in [0.4, 0.5) is 4.79 Å². The first kappa shape index (κ1) is 28.6. The molecule has 2 atom stereocenters. The van der Waals surface area contributed by atoms with Crippen LogP contribution < -0.4 is 10.6 Å². The number of carbonyl (C=O) groups excluding carboxylic acids is 2. The van der Waals surface area contributed by atoms with Gasteiger partial charge in [0.05, 0.1) is 0 Å². The van der Waals surface area contributed by atoms with Gasteiger partial charge in [-0.25, -0.2) is 9.59 Å². The Labute approximate surface area is 244 Å². The molecule has 0 aliphatic heterocycles. The fourth-order valence-electron chi connectivity index (χ4n) is 5.42. The van der Waals surface area contributed by atoms with E-state index in [-0.39, 0.29) is 19.1 Å². The van der Waals surface area contributed by atoms with Crippen LogP contribution in [0.25, 0.3) is 11.1 Å². The van der Waals surface area contributed by atoms with Crippen molar-refractivity contribution in [2.24, 2.45) is 0 Å². The van der Waals surface area contributed by atoms with E-state index in [4.69, 9.17) is 4.74 Å². The predicted molar refractivity (Wildman–Crippen MR) is 160 cm³/mol. The molecule has 8 nitrogen and oxygen atoms in total. The minimum Gasteiger partial charge on any atom is -0.480 e. The molecule has 0 fully saturated rings. The third-order valence-electron chi connectivity index (χ3n) is 7.41. The highest BCUT2D eigenvalue weighted by atomic mass is 16.5. The van der Waals surface area contributed by atoms with Gasteiger partial charge in [-0.15, -0.1) is 0 Å². The molecule has 1 aliphatic carbocycles. The van der Waals surface area contributed by atoms with Crippen molar-refractivity contribution in [3.63, 3.8) is 0 Å². The van der Waals surface area contributed by atoms with Crippen LogP contribution in [0.5, 0.6) is 0 Å². The number of carboxylic acids is 1. The van der Waals surface area contributed by atoms with Gasteiger partial charge in [-0.2, -0.15) is 0 Å². The van der Waals surface area contributed by atoms with Crippen molar-refractivity contribution in [1.82, 2.24) is 15.5 Å². The lowest BCUT2D eigenvalue weighted by Crippen LogP contribution is -2.51. The lowest BCUT2D eigenvalue weighted by molar-refractivity contribution is -0.142. The van der Waals surface area contributed by atoms with Crippen molar-refractivity contribution in [1.29, 1.82) is 0 Å². The number of carboxylic acid groups (broad SMARTS) is 1. The summed E-state index contributed by atoms with van der Waals surface area (Å²) in [5.74, 6) is -1.95. The number of ether oxygens (including phenoxy) is 1. The Morgan fingerprint density at radius 1 is 0.786 bits per heavy atom. The van der Waals surface area contributed by atoms with Gasteiger partial charge in [0.25, 0.3) is 0 Å². The molecule has 1 aliphatic rings. The first-order valence-electron chi connectivity index (χ1n) is 13.8. The van der Waals surface area contributed by atoms with Crippen LogP contribution in [0.1, 0.15) is 34.2 Å². The number of amides is 2. The summed E-state index contributed by atoms with van der Waals surface area (Å²) in [6, 6.07) is 32.1. The third-order valence-corrected chi connectivity index (χ3v) is 7.41. The van der Waals surface area contributed by atoms with Crippen molar-refractivity contribution >= 4 is 18.0 Å². The number of fused-ring (bicyclic) bond motifs is 3. The number of benzene rings is 4. The minimum atomic E-state index is -1.19. The van der Waals surface area contributed by atoms with Crippen LogP contribution in [0.2, 0.25) is 0 Å². The van der Waals surface area contributed by atoms with Crippen LogP contribution in [0.15, 0.2) is 109 Å². The molecule has 0 spiro atoms. The molecular formula is C34H33N3O5. The van der Waals surface area contributed by atoms with Crippen LogP contribution in [0, 0.1) is 0 Å². The molecule has 4 aromatic carbocycles. The van der Waals surface area contributed by atoms with Crippen LogP contribution in [-0.2, 0) is 20.9 Å². The Bertz CT molecular complexity index is 1500. The molecule has 0 saturated heterocycles. The molecular weight excluding hydrogens is 530 g/mol. The molecule has 4 aromatic rings. The van der Waals surface area contributed by atoms with E-state index in [1.807, 2.05) is 71.6 Å².